The van der Waals surface area contributed by atoms with Crippen molar-refractivity contribution in [3.63, 3.8) is 0 Å². The van der Waals surface area contributed by atoms with E-state index in [1.54, 1.807) is 0 Å². The monoisotopic (exact) mass is 272 g/mol. The maximum atomic E-state index is 12.7. The van der Waals surface area contributed by atoms with E-state index in [-0.39, 0.29) is 11.7 Å². The molecule has 1 aromatic rings. The zero-order chi connectivity index (χ0) is 13.9. The minimum atomic E-state index is -4.47. The van der Waals surface area contributed by atoms with Gasteiger partial charge in [-0.3, -0.25) is 0 Å². The quantitative estimate of drug-likeness (QED) is 0.845. The minimum Gasteiger partial charge on any atom is -0.335 e. The molecule has 3 nitrogen and oxygen atoms in total. The van der Waals surface area contributed by atoms with Crippen molar-refractivity contribution in [1.82, 2.24) is 5.32 Å². The number of benzene rings is 1. The molecule has 2 N–H and O–H groups in total. The van der Waals surface area contributed by atoms with E-state index in [0.717, 1.165) is 31.7 Å². The van der Waals surface area contributed by atoms with Gasteiger partial charge in [-0.2, -0.15) is 13.2 Å². The summed E-state index contributed by atoms with van der Waals surface area (Å²) in [6, 6.07) is 4.44. The molecule has 0 radical (unpaired) electrons. The Labute approximate surface area is 109 Å². The number of alkyl halides is 3. The van der Waals surface area contributed by atoms with Gasteiger partial charge in [0.15, 0.2) is 0 Å². The molecule has 0 heterocycles. The number of carbonyl (C=O) groups is 1. The predicted octanol–water partition coefficient (Wildman–Crippen LogP) is 3.77. The molecule has 0 aliphatic heterocycles. The summed E-state index contributed by atoms with van der Waals surface area (Å²) in [6.07, 6.45) is -0.617. The van der Waals surface area contributed by atoms with Crippen LogP contribution in [-0.2, 0) is 6.18 Å². The Kier molecular flexibility index (Phi) is 3.97. The third-order valence-corrected chi connectivity index (χ3v) is 3.17. The average molecular weight is 272 g/mol. The standard InChI is InChI=1S/C13H15F3N2O/c14-13(15,16)10-7-3-4-8-11(10)18-12(19)17-9-5-1-2-6-9/h3-4,7-9H,1-2,5-6H2,(H2,17,18,19). The molecule has 1 fully saturated rings. The van der Waals surface area contributed by atoms with Crippen LogP contribution in [0.5, 0.6) is 0 Å². The van der Waals surface area contributed by atoms with Crippen molar-refractivity contribution in [2.24, 2.45) is 0 Å². The van der Waals surface area contributed by atoms with E-state index in [1.165, 1.54) is 18.2 Å². The highest BCUT2D eigenvalue weighted by Crippen LogP contribution is 2.34. The fourth-order valence-corrected chi connectivity index (χ4v) is 2.25. The van der Waals surface area contributed by atoms with Gasteiger partial charge < -0.3 is 10.6 Å². The van der Waals surface area contributed by atoms with Crippen molar-refractivity contribution in [3.8, 4) is 0 Å². The van der Waals surface area contributed by atoms with Crippen molar-refractivity contribution < 1.29 is 18.0 Å². The van der Waals surface area contributed by atoms with Crippen LogP contribution in [0.15, 0.2) is 24.3 Å². The Morgan fingerprint density at radius 3 is 2.42 bits per heavy atom. The van der Waals surface area contributed by atoms with E-state index in [9.17, 15) is 18.0 Å². The molecule has 0 spiro atoms. The fourth-order valence-electron chi connectivity index (χ4n) is 2.25. The maximum absolute atomic E-state index is 12.7. The van der Waals surface area contributed by atoms with Crippen LogP contribution >= 0.6 is 0 Å². The molecule has 2 rings (SSSR count). The number of para-hydroxylation sites is 1. The summed E-state index contributed by atoms with van der Waals surface area (Å²) in [5.74, 6) is 0. The Morgan fingerprint density at radius 2 is 1.79 bits per heavy atom. The summed E-state index contributed by atoms with van der Waals surface area (Å²) < 4.78 is 38.2. The Balaban J connectivity index is 2.04. The van der Waals surface area contributed by atoms with Gasteiger partial charge in [-0.25, -0.2) is 4.79 Å². The average Bonchev–Trinajstić information content (AvgIpc) is 2.81. The van der Waals surface area contributed by atoms with Crippen LogP contribution in [0.2, 0.25) is 0 Å². The Hall–Kier alpha value is -1.72. The lowest BCUT2D eigenvalue weighted by molar-refractivity contribution is -0.136. The summed E-state index contributed by atoms with van der Waals surface area (Å²) >= 11 is 0. The first-order valence-corrected chi connectivity index (χ1v) is 6.20. The Morgan fingerprint density at radius 1 is 1.16 bits per heavy atom. The van der Waals surface area contributed by atoms with E-state index < -0.39 is 17.8 Å². The summed E-state index contributed by atoms with van der Waals surface area (Å²) in [6.45, 7) is 0. The second-order valence-electron chi connectivity index (χ2n) is 4.62. The molecule has 1 aliphatic rings. The van der Waals surface area contributed by atoms with Crippen LogP contribution in [0.1, 0.15) is 31.2 Å². The fraction of sp³-hybridized carbons (Fsp3) is 0.462. The van der Waals surface area contributed by atoms with Crippen LogP contribution in [-0.4, -0.2) is 12.1 Å². The number of carbonyl (C=O) groups excluding carboxylic acids is 1. The van der Waals surface area contributed by atoms with E-state index >= 15 is 0 Å². The maximum Gasteiger partial charge on any atom is 0.418 e. The minimum absolute atomic E-state index is 0.0676. The van der Waals surface area contributed by atoms with Gasteiger partial charge >= 0.3 is 12.2 Å². The normalized spacial score (nSPS) is 16.4. The molecule has 0 atom stereocenters. The first-order chi connectivity index (χ1) is 8.97. The molecule has 0 aromatic heterocycles. The zero-order valence-corrected chi connectivity index (χ0v) is 10.3. The van der Waals surface area contributed by atoms with E-state index in [1.807, 2.05) is 0 Å². The summed E-state index contributed by atoms with van der Waals surface area (Å²) in [4.78, 5) is 11.7. The summed E-state index contributed by atoms with van der Waals surface area (Å²) in [5, 5.41) is 4.96. The molecule has 19 heavy (non-hydrogen) atoms. The molecule has 0 saturated heterocycles. The van der Waals surface area contributed by atoms with Crippen molar-refractivity contribution >= 4 is 11.7 Å². The third-order valence-electron chi connectivity index (χ3n) is 3.17. The van der Waals surface area contributed by atoms with Gasteiger partial charge in [0, 0.05) is 6.04 Å². The molecule has 1 saturated carbocycles. The van der Waals surface area contributed by atoms with Crippen molar-refractivity contribution in [3.05, 3.63) is 29.8 Å². The predicted molar refractivity (Wildman–Crippen MR) is 65.9 cm³/mol. The van der Waals surface area contributed by atoms with Gasteiger partial charge in [0.05, 0.1) is 11.3 Å². The van der Waals surface area contributed by atoms with Crippen LogP contribution < -0.4 is 10.6 Å². The summed E-state index contributed by atoms with van der Waals surface area (Å²) in [7, 11) is 0. The Bertz CT molecular complexity index is 453. The second kappa shape index (κ2) is 5.50. The van der Waals surface area contributed by atoms with E-state index in [4.69, 9.17) is 0 Å². The van der Waals surface area contributed by atoms with Gasteiger partial charge in [-0.15, -0.1) is 0 Å². The van der Waals surface area contributed by atoms with Crippen molar-refractivity contribution in [2.75, 3.05) is 5.32 Å². The number of nitrogens with one attached hydrogen (secondary N) is 2. The summed E-state index contributed by atoms with van der Waals surface area (Å²) in [5.41, 5.74) is -1.05. The lowest BCUT2D eigenvalue weighted by Crippen LogP contribution is -2.36. The van der Waals surface area contributed by atoms with Gasteiger partial charge in [-0.1, -0.05) is 25.0 Å². The first kappa shape index (κ1) is 13.7. The number of hydrogen-bond donors (Lipinski definition) is 2. The van der Waals surface area contributed by atoms with Crippen LogP contribution in [0.3, 0.4) is 0 Å². The molecule has 1 aliphatic carbocycles. The number of hydrogen-bond acceptors (Lipinski definition) is 1. The van der Waals surface area contributed by atoms with Gasteiger partial charge in [0.25, 0.3) is 0 Å². The molecule has 0 bridgehead atoms. The topological polar surface area (TPSA) is 41.1 Å². The highest BCUT2D eigenvalue weighted by atomic mass is 19.4. The molecular formula is C13H15F3N2O. The third kappa shape index (κ3) is 3.62. The van der Waals surface area contributed by atoms with Gasteiger partial charge in [0.2, 0.25) is 0 Å². The smallest absolute Gasteiger partial charge is 0.335 e. The molecule has 1 aromatic carbocycles. The molecular weight excluding hydrogens is 257 g/mol. The lowest BCUT2D eigenvalue weighted by Gasteiger charge is -2.16. The molecule has 2 amide bonds. The molecule has 0 unspecified atom stereocenters. The largest absolute Gasteiger partial charge is 0.418 e. The van der Waals surface area contributed by atoms with Crippen LogP contribution in [0, 0.1) is 0 Å². The van der Waals surface area contributed by atoms with Crippen molar-refractivity contribution in [1.29, 1.82) is 0 Å². The number of urea groups is 1. The first-order valence-electron chi connectivity index (χ1n) is 6.20. The van der Waals surface area contributed by atoms with E-state index in [0.29, 0.717) is 0 Å². The zero-order valence-electron chi connectivity index (χ0n) is 10.3. The highest BCUT2D eigenvalue weighted by Gasteiger charge is 2.33. The van der Waals surface area contributed by atoms with Gasteiger partial charge in [0.1, 0.15) is 0 Å². The van der Waals surface area contributed by atoms with Crippen molar-refractivity contribution in [2.45, 2.75) is 37.9 Å². The van der Waals surface area contributed by atoms with Gasteiger partial charge in [-0.05, 0) is 25.0 Å². The second-order valence-corrected chi connectivity index (χ2v) is 4.62. The number of anilines is 1. The van der Waals surface area contributed by atoms with Crippen LogP contribution in [0.4, 0.5) is 23.7 Å². The highest BCUT2D eigenvalue weighted by molar-refractivity contribution is 5.90. The number of halogens is 3. The number of amides is 2. The molecule has 6 heteroatoms. The SMILES string of the molecule is O=C(Nc1ccccc1C(F)(F)F)NC1CCCC1. The van der Waals surface area contributed by atoms with Crippen LogP contribution in [0.25, 0.3) is 0 Å². The van der Waals surface area contributed by atoms with E-state index in [2.05, 4.69) is 10.6 Å². The molecule has 104 valence electrons. The lowest BCUT2D eigenvalue weighted by atomic mass is 10.1. The number of rotatable bonds is 2.